The number of aryl methyl sites for hydroxylation is 3. The van der Waals surface area contributed by atoms with E-state index in [9.17, 15) is 25.9 Å². The fourth-order valence-corrected chi connectivity index (χ4v) is 8.39. The van der Waals surface area contributed by atoms with E-state index < -0.39 is 26.0 Å². The minimum absolute atomic E-state index is 0.101. The third-order valence-electron chi connectivity index (χ3n) is 8.73. The smallest absolute Gasteiger partial charge is 0.368 e. The van der Waals surface area contributed by atoms with Gasteiger partial charge in [0.1, 0.15) is 10.5 Å². The summed E-state index contributed by atoms with van der Waals surface area (Å²) in [7, 11) is -8.19. The number of fused-ring (bicyclic) bond motifs is 2. The van der Waals surface area contributed by atoms with Crippen molar-refractivity contribution in [2.24, 2.45) is 0 Å². The van der Waals surface area contributed by atoms with Crippen LogP contribution >= 0.6 is 11.3 Å². The van der Waals surface area contributed by atoms with Crippen LogP contribution in [0.1, 0.15) is 73.1 Å². The van der Waals surface area contributed by atoms with Crippen LogP contribution in [0.2, 0.25) is 0 Å². The first-order chi connectivity index (χ1) is 21.3. The molecule has 3 aromatic rings. The van der Waals surface area contributed by atoms with Gasteiger partial charge >= 0.3 is 5.88 Å². The van der Waals surface area contributed by atoms with Gasteiger partial charge in [-0.05, 0) is 73.8 Å². The monoisotopic (exact) mass is 674 g/mol. The van der Waals surface area contributed by atoms with Crippen LogP contribution in [0.15, 0.2) is 60.0 Å². The minimum atomic E-state index is -4.18. The zero-order valence-corrected chi connectivity index (χ0v) is 28.4. The Morgan fingerprint density at radius 1 is 0.978 bits per heavy atom. The van der Waals surface area contributed by atoms with Crippen LogP contribution in [-0.4, -0.2) is 60.4 Å². The summed E-state index contributed by atoms with van der Waals surface area (Å²) in [6.07, 6.45) is 8.13. The maximum absolute atomic E-state index is 11.8. The molecule has 1 saturated carbocycles. The molecule has 0 radical (unpaired) electrons. The first-order valence-corrected chi connectivity index (χ1v) is 19.5. The second-order valence-electron chi connectivity index (χ2n) is 12.0. The van der Waals surface area contributed by atoms with Gasteiger partial charge in [-0.2, -0.15) is 26.0 Å². The molecule has 2 unspecified atom stereocenters. The lowest BCUT2D eigenvalue weighted by atomic mass is 9.81. The molecule has 2 N–H and O–H groups in total. The topological polar surface area (TPSA) is 125 Å². The van der Waals surface area contributed by atoms with E-state index in [0.717, 1.165) is 45.8 Å². The van der Waals surface area contributed by atoms with Gasteiger partial charge in [-0.1, -0.05) is 48.6 Å². The van der Waals surface area contributed by atoms with Crippen LogP contribution in [-0.2, 0) is 31.5 Å². The molecule has 0 saturated heterocycles. The number of aromatic nitrogens is 1. The molecule has 2 atom stereocenters. The summed E-state index contributed by atoms with van der Waals surface area (Å²) < 4.78 is 76.7. The van der Waals surface area contributed by atoms with E-state index in [2.05, 4.69) is 55.7 Å². The zero-order valence-electron chi connectivity index (χ0n) is 26.0. The summed E-state index contributed by atoms with van der Waals surface area (Å²) in [6.45, 7) is 6.91. The fourth-order valence-electron chi connectivity index (χ4n) is 6.16. The lowest BCUT2D eigenvalue weighted by molar-refractivity contribution is -0.669. The van der Waals surface area contributed by atoms with Crippen LogP contribution in [0.3, 0.4) is 0 Å². The Labute approximate surface area is 270 Å². The second-order valence-corrected chi connectivity index (χ2v) is 16.2. The van der Waals surface area contributed by atoms with E-state index in [1.165, 1.54) is 16.7 Å². The van der Waals surface area contributed by atoms with Gasteiger partial charge in [0.05, 0.1) is 11.8 Å². The van der Waals surface area contributed by atoms with E-state index >= 15 is 0 Å². The van der Waals surface area contributed by atoms with Crippen molar-refractivity contribution < 1.29 is 39.8 Å². The third kappa shape index (κ3) is 8.48. The van der Waals surface area contributed by atoms with Gasteiger partial charge in [-0.25, -0.2) is 0 Å². The number of unbranched alkanes of at least 4 members (excludes halogenated alkanes) is 1. The highest BCUT2D eigenvalue weighted by atomic mass is 32.2. The molecule has 1 aromatic heterocycles. The molecule has 1 fully saturated rings. The SMILES string of the molecule is CCC(=Cc1sc2cc(C)c(C)cc2[n+]1CCCCS(=O)(=O)O)C=C1OC2CCC(c3ccccc3)CC2=[N+]1CCS(=O)(=O)O. The third-order valence-corrected chi connectivity index (χ3v) is 11.3. The average molecular weight is 675 g/mol. The van der Waals surface area contributed by atoms with Gasteiger partial charge in [0.2, 0.25) is 11.2 Å². The Morgan fingerprint density at radius 3 is 2.38 bits per heavy atom. The minimum Gasteiger partial charge on any atom is -0.430 e. The summed E-state index contributed by atoms with van der Waals surface area (Å²) in [5.74, 6) is 0.226. The van der Waals surface area contributed by atoms with Crippen LogP contribution in [0.25, 0.3) is 16.3 Å². The number of thiazole rings is 1. The van der Waals surface area contributed by atoms with E-state index in [0.29, 0.717) is 37.6 Å². The summed E-state index contributed by atoms with van der Waals surface area (Å²) in [4.78, 5) is 0. The number of ether oxygens (including phenoxy) is 1. The Kier molecular flexibility index (Phi) is 10.3. The predicted octanol–water partition coefficient (Wildman–Crippen LogP) is 5.82. The Balaban J connectivity index is 1.51. The van der Waals surface area contributed by atoms with Crippen molar-refractivity contribution >= 4 is 53.6 Å². The maximum Gasteiger partial charge on any atom is 0.368 e. The number of hydrogen-bond acceptors (Lipinski definition) is 6. The molecule has 45 heavy (non-hydrogen) atoms. The Bertz CT molecular complexity index is 1880. The molecule has 12 heteroatoms. The zero-order chi connectivity index (χ0) is 32.4. The van der Waals surface area contributed by atoms with E-state index in [1.54, 1.807) is 11.3 Å². The lowest BCUT2D eigenvalue weighted by Gasteiger charge is -2.23. The van der Waals surface area contributed by atoms with Crippen LogP contribution < -0.4 is 4.57 Å². The standard InChI is InChI=1S/C33H40N2O7S3/c1-4-25(21-33-35(14-8-9-16-44(36,37)38)29-18-23(2)24(3)19-31(29)43-33)20-32-34(15-17-45(39,40)41)28-22-27(12-13-30(28)42-32)26-10-6-5-7-11-26/h5-7,10-11,18-21,27,30H,4,8-9,12-17,22H2,1-3H3/p+2. The van der Waals surface area contributed by atoms with Crippen molar-refractivity contribution in [2.75, 3.05) is 18.1 Å². The van der Waals surface area contributed by atoms with Gasteiger partial charge in [0.15, 0.2) is 19.2 Å². The molecule has 2 aliphatic rings. The quantitative estimate of drug-likeness (QED) is 0.141. The van der Waals surface area contributed by atoms with Crippen LogP contribution in [0.4, 0.5) is 0 Å². The lowest BCUT2D eigenvalue weighted by Crippen LogP contribution is -2.35. The molecular formula is C33H42N2O7S3+2. The number of nitrogens with zero attached hydrogens (tertiary/aromatic N) is 2. The van der Waals surface area contributed by atoms with Gasteiger partial charge in [0, 0.05) is 25.0 Å². The van der Waals surface area contributed by atoms with E-state index in [4.69, 9.17) is 4.74 Å². The fraction of sp³-hybridized carbons (Fsp3) is 0.455. The van der Waals surface area contributed by atoms with Crippen LogP contribution in [0, 0.1) is 13.8 Å². The molecule has 242 valence electrons. The van der Waals surface area contributed by atoms with Gasteiger partial charge in [-0.15, -0.1) is 0 Å². The van der Waals surface area contributed by atoms with Crippen LogP contribution in [0.5, 0.6) is 0 Å². The first kappa shape index (κ1) is 33.5. The molecule has 0 spiro atoms. The van der Waals surface area contributed by atoms with Gasteiger partial charge in [0.25, 0.3) is 25.2 Å². The Hall–Kier alpha value is -2.90. The van der Waals surface area contributed by atoms with Crippen molar-refractivity contribution in [2.45, 2.75) is 77.9 Å². The summed E-state index contributed by atoms with van der Waals surface area (Å²) >= 11 is 1.66. The molecule has 0 bridgehead atoms. The number of benzene rings is 2. The predicted molar refractivity (Wildman–Crippen MR) is 178 cm³/mol. The van der Waals surface area contributed by atoms with Crippen molar-refractivity contribution in [1.82, 2.24) is 0 Å². The van der Waals surface area contributed by atoms with Crippen molar-refractivity contribution in [1.29, 1.82) is 0 Å². The normalized spacial score (nSPS) is 20.2. The number of allylic oxidation sites excluding steroid dienone is 2. The molecule has 2 heterocycles. The highest BCUT2D eigenvalue weighted by Crippen LogP contribution is 2.37. The summed E-state index contributed by atoms with van der Waals surface area (Å²) in [5.41, 5.74) is 6.72. The highest BCUT2D eigenvalue weighted by Gasteiger charge is 2.44. The number of hydrogen-bond donors (Lipinski definition) is 2. The summed E-state index contributed by atoms with van der Waals surface area (Å²) in [5, 5.41) is 1.01. The van der Waals surface area contributed by atoms with E-state index in [-0.39, 0.29) is 18.4 Å². The largest absolute Gasteiger partial charge is 0.430 e. The molecular weight excluding hydrogens is 633 g/mol. The van der Waals surface area contributed by atoms with Crippen molar-refractivity contribution in [3.05, 3.63) is 81.7 Å². The van der Waals surface area contributed by atoms with Gasteiger partial charge in [-0.3, -0.25) is 9.11 Å². The van der Waals surface area contributed by atoms with Crippen molar-refractivity contribution in [3.8, 4) is 0 Å². The molecule has 2 aromatic carbocycles. The number of rotatable bonds is 12. The first-order valence-electron chi connectivity index (χ1n) is 15.4. The van der Waals surface area contributed by atoms with Crippen molar-refractivity contribution in [3.63, 3.8) is 0 Å². The molecule has 5 rings (SSSR count). The van der Waals surface area contributed by atoms with Gasteiger partial charge < -0.3 is 4.74 Å². The average Bonchev–Trinajstić information content (AvgIpc) is 3.49. The molecule has 1 aliphatic heterocycles. The molecule has 1 aliphatic carbocycles. The maximum atomic E-state index is 11.8. The highest BCUT2D eigenvalue weighted by molar-refractivity contribution is 7.86. The van der Waals surface area contributed by atoms with E-state index in [1.807, 2.05) is 28.9 Å². The molecule has 0 amide bonds. The second kappa shape index (κ2) is 13.8. The summed E-state index contributed by atoms with van der Waals surface area (Å²) in [6, 6.07) is 14.7. The molecule has 9 nitrogen and oxygen atoms in total. The Morgan fingerprint density at radius 2 is 1.69 bits per heavy atom.